The molecule has 2 rings (SSSR count). The normalized spacial score (nSPS) is 10.4. The summed E-state index contributed by atoms with van der Waals surface area (Å²) >= 11 is 0. The number of benzene rings is 2. The Labute approximate surface area is 94.7 Å². The van der Waals surface area contributed by atoms with Gasteiger partial charge in [-0.2, -0.15) is 0 Å². The molecule has 0 saturated carbocycles. The van der Waals surface area contributed by atoms with Gasteiger partial charge in [0.1, 0.15) is 11.6 Å². The topological polar surface area (TPSA) is 12.0 Å². The van der Waals surface area contributed by atoms with Crippen molar-refractivity contribution in [1.82, 2.24) is 0 Å². The van der Waals surface area contributed by atoms with Crippen molar-refractivity contribution in [3.63, 3.8) is 0 Å². The molecule has 5 heteroatoms. The largest absolute Gasteiger partial charge is 0.353 e. The highest BCUT2D eigenvalue weighted by Crippen LogP contribution is 2.21. The smallest absolute Gasteiger partial charge is 0.160 e. The van der Waals surface area contributed by atoms with Gasteiger partial charge in [-0.25, -0.2) is 17.6 Å². The van der Waals surface area contributed by atoms with Crippen LogP contribution in [0.5, 0.6) is 0 Å². The molecule has 0 spiro atoms. The highest BCUT2D eigenvalue weighted by molar-refractivity contribution is 5.60. The fourth-order valence-electron chi connectivity index (χ4n) is 1.32. The van der Waals surface area contributed by atoms with E-state index in [1.165, 1.54) is 12.1 Å². The van der Waals surface area contributed by atoms with Gasteiger partial charge >= 0.3 is 0 Å². The highest BCUT2D eigenvalue weighted by atomic mass is 19.2. The van der Waals surface area contributed by atoms with Gasteiger partial charge in [0, 0.05) is 17.8 Å². The summed E-state index contributed by atoms with van der Waals surface area (Å²) in [7, 11) is 0. The van der Waals surface area contributed by atoms with Crippen LogP contribution in [0.4, 0.5) is 28.9 Å². The molecule has 0 aliphatic carbocycles. The molecule has 0 radical (unpaired) electrons. The van der Waals surface area contributed by atoms with Crippen LogP contribution in [0.25, 0.3) is 0 Å². The van der Waals surface area contributed by atoms with Gasteiger partial charge in [-0.3, -0.25) is 0 Å². The van der Waals surface area contributed by atoms with E-state index in [9.17, 15) is 17.6 Å². The SMILES string of the molecule is Fc1ccc(Nc2ccc(F)c(F)c2)c(F)c1. The van der Waals surface area contributed by atoms with Crippen LogP contribution < -0.4 is 5.32 Å². The minimum atomic E-state index is -1.04. The third-order valence-electron chi connectivity index (χ3n) is 2.13. The summed E-state index contributed by atoms with van der Waals surface area (Å²) in [4.78, 5) is 0. The molecular weight excluding hydrogens is 234 g/mol. The maximum Gasteiger partial charge on any atom is 0.160 e. The predicted molar refractivity (Wildman–Crippen MR) is 56.0 cm³/mol. The van der Waals surface area contributed by atoms with Gasteiger partial charge in [0.2, 0.25) is 0 Å². The van der Waals surface area contributed by atoms with E-state index in [2.05, 4.69) is 5.32 Å². The highest BCUT2D eigenvalue weighted by Gasteiger charge is 2.06. The Morgan fingerprint density at radius 1 is 0.706 bits per heavy atom. The fraction of sp³-hybridized carbons (Fsp3) is 0. The summed E-state index contributed by atoms with van der Waals surface area (Å²) in [5.74, 6) is -3.55. The molecule has 1 N–H and O–H groups in total. The molecule has 0 fully saturated rings. The molecule has 2 aromatic rings. The van der Waals surface area contributed by atoms with Crippen LogP contribution in [0.1, 0.15) is 0 Å². The third-order valence-corrected chi connectivity index (χ3v) is 2.13. The lowest BCUT2D eigenvalue weighted by molar-refractivity contribution is 0.509. The Morgan fingerprint density at radius 2 is 1.47 bits per heavy atom. The van der Waals surface area contributed by atoms with Crippen molar-refractivity contribution in [3.05, 3.63) is 59.7 Å². The van der Waals surface area contributed by atoms with Gasteiger partial charge in [-0.15, -0.1) is 0 Å². The molecule has 1 nitrogen and oxygen atoms in total. The Balaban J connectivity index is 2.28. The molecule has 0 atom stereocenters. The fourth-order valence-corrected chi connectivity index (χ4v) is 1.32. The lowest BCUT2D eigenvalue weighted by atomic mass is 10.2. The number of halogens is 4. The standard InChI is InChI=1S/C12H7F4N/c13-7-1-4-12(11(16)5-7)17-8-2-3-9(14)10(15)6-8/h1-6,17H. The summed E-state index contributed by atoms with van der Waals surface area (Å²) in [6, 6.07) is 5.98. The van der Waals surface area contributed by atoms with Crippen molar-refractivity contribution >= 4 is 11.4 Å². The van der Waals surface area contributed by atoms with E-state index in [-0.39, 0.29) is 11.4 Å². The second-order valence-electron chi connectivity index (χ2n) is 3.38. The summed E-state index contributed by atoms with van der Waals surface area (Å²) in [5, 5.41) is 2.52. The van der Waals surface area contributed by atoms with Gasteiger partial charge in [-0.05, 0) is 24.3 Å². The molecule has 0 amide bonds. The van der Waals surface area contributed by atoms with Crippen LogP contribution in [-0.4, -0.2) is 0 Å². The van der Waals surface area contributed by atoms with E-state index in [0.29, 0.717) is 6.07 Å². The zero-order valence-corrected chi connectivity index (χ0v) is 8.48. The Morgan fingerprint density at radius 3 is 2.12 bits per heavy atom. The molecule has 0 aliphatic heterocycles. The summed E-state index contributed by atoms with van der Waals surface area (Å²) in [6.45, 7) is 0. The van der Waals surface area contributed by atoms with Crippen LogP contribution >= 0.6 is 0 Å². The van der Waals surface area contributed by atoms with Crippen LogP contribution in [0, 0.1) is 23.3 Å². The molecular formula is C12H7F4N. The monoisotopic (exact) mass is 241 g/mol. The molecule has 0 bridgehead atoms. The minimum absolute atomic E-state index is 0.0163. The first-order chi connectivity index (χ1) is 8.06. The zero-order valence-electron chi connectivity index (χ0n) is 8.48. The van der Waals surface area contributed by atoms with E-state index >= 15 is 0 Å². The molecule has 2 aromatic carbocycles. The maximum absolute atomic E-state index is 13.2. The molecule has 88 valence electrons. The van der Waals surface area contributed by atoms with E-state index in [4.69, 9.17) is 0 Å². The lowest BCUT2D eigenvalue weighted by Gasteiger charge is -2.07. The van der Waals surface area contributed by atoms with Crippen molar-refractivity contribution < 1.29 is 17.6 Å². The minimum Gasteiger partial charge on any atom is -0.353 e. The lowest BCUT2D eigenvalue weighted by Crippen LogP contribution is -1.96. The zero-order chi connectivity index (χ0) is 12.4. The number of rotatable bonds is 2. The van der Waals surface area contributed by atoms with Gasteiger partial charge in [0.15, 0.2) is 11.6 Å². The van der Waals surface area contributed by atoms with E-state index in [1.54, 1.807) is 0 Å². The number of nitrogens with one attached hydrogen (secondary N) is 1. The summed E-state index contributed by atoms with van der Waals surface area (Å²) < 4.78 is 51.4. The maximum atomic E-state index is 13.2. The number of hydrogen-bond acceptors (Lipinski definition) is 1. The quantitative estimate of drug-likeness (QED) is 0.784. The van der Waals surface area contributed by atoms with Crippen molar-refractivity contribution in [2.75, 3.05) is 5.32 Å². The number of hydrogen-bond donors (Lipinski definition) is 1. The second kappa shape index (κ2) is 4.45. The first-order valence-electron chi connectivity index (χ1n) is 4.73. The van der Waals surface area contributed by atoms with E-state index < -0.39 is 23.3 Å². The van der Waals surface area contributed by atoms with Crippen LogP contribution in [0.2, 0.25) is 0 Å². The van der Waals surface area contributed by atoms with Crippen molar-refractivity contribution in [3.8, 4) is 0 Å². The van der Waals surface area contributed by atoms with E-state index in [0.717, 1.165) is 18.2 Å². The van der Waals surface area contributed by atoms with Crippen molar-refractivity contribution in [2.24, 2.45) is 0 Å². The summed E-state index contributed by atoms with van der Waals surface area (Å²) in [6.07, 6.45) is 0. The Kier molecular flexibility index (Phi) is 2.99. The number of anilines is 2. The molecule has 17 heavy (non-hydrogen) atoms. The van der Waals surface area contributed by atoms with Crippen LogP contribution in [0.3, 0.4) is 0 Å². The Bertz CT molecular complexity index is 554. The second-order valence-corrected chi connectivity index (χ2v) is 3.38. The molecule has 0 heterocycles. The van der Waals surface area contributed by atoms with Gasteiger partial charge in [0.25, 0.3) is 0 Å². The first kappa shape index (κ1) is 11.4. The molecule has 0 unspecified atom stereocenters. The first-order valence-corrected chi connectivity index (χ1v) is 4.73. The summed E-state index contributed by atoms with van der Waals surface area (Å²) in [5.41, 5.74) is 0.159. The van der Waals surface area contributed by atoms with Gasteiger partial charge in [-0.1, -0.05) is 0 Å². The average Bonchev–Trinajstić information content (AvgIpc) is 2.27. The van der Waals surface area contributed by atoms with E-state index in [1.807, 2.05) is 0 Å². The molecule has 0 saturated heterocycles. The molecule has 0 aliphatic rings. The third kappa shape index (κ3) is 2.55. The predicted octanol–water partition coefficient (Wildman–Crippen LogP) is 3.99. The average molecular weight is 241 g/mol. The van der Waals surface area contributed by atoms with Gasteiger partial charge in [0.05, 0.1) is 5.69 Å². The van der Waals surface area contributed by atoms with Crippen molar-refractivity contribution in [1.29, 1.82) is 0 Å². The van der Waals surface area contributed by atoms with Crippen LogP contribution in [-0.2, 0) is 0 Å². The van der Waals surface area contributed by atoms with Crippen molar-refractivity contribution in [2.45, 2.75) is 0 Å². The Hall–Kier alpha value is -2.04. The van der Waals surface area contributed by atoms with Crippen LogP contribution in [0.15, 0.2) is 36.4 Å². The van der Waals surface area contributed by atoms with Gasteiger partial charge < -0.3 is 5.32 Å². The molecule has 0 aromatic heterocycles.